The van der Waals surface area contributed by atoms with E-state index in [-0.39, 0.29) is 29.6 Å². The van der Waals surface area contributed by atoms with Crippen LogP contribution in [-0.2, 0) is 27.8 Å². The first-order valence-electron chi connectivity index (χ1n) is 10.9. The zero-order chi connectivity index (χ0) is 24.0. The number of aryl methyl sites for hydroxylation is 2. The Morgan fingerprint density at radius 1 is 1.09 bits per heavy atom. The van der Waals surface area contributed by atoms with E-state index >= 15 is 0 Å². The van der Waals surface area contributed by atoms with E-state index < -0.39 is 10.0 Å². The van der Waals surface area contributed by atoms with Crippen molar-refractivity contribution in [1.29, 1.82) is 0 Å². The molecular weight excluding hydrogens is 443 g/mol. The molecule has 0 saturated heterocycles. The Balaban J connectivity index is 1.53. The van der Waals surface area contributed by atoms with Crippen molar-refractivity contribution < 1.29 is 17.6 Å². The van der Waals surface area contributed by atoms with Crippen LogP contribution in [-0.4, -0.2) is 41.3 Å². The lowest BCUT2D eigenvalue weighted by Crippen LogP contribution is -2.30. The predicted molar refractivity (Wildman–Crippen MR) is 125 cm³/mol. The van der Waals surface area contributed by atoms with Crippen LogP contribution < -0.4 is 5.32 Å². The highest BCUT2D eigenvalue weighted by Crippen LogP contribution is 2.18. The summed E-state index contributed by atoms with van der Waals surface area (Å²) in [6, 6.07) is 11.5. The van der Waals surface area contributed by atoms with Crippen LogP contribution >= 0.6 is 0 Å². The molecular formula is C24H29FN4O3S. The van der Waals surface area contributed by atoms with Crippen LogP contribution in [0, 0.1) is 12.7 Å². The average Bonchev–Trinajstić information content (AvgIpc) is 3.22. The topological polar surface area (TPSA) is 84.3 Å². The lowest BCUT2D eigenvalue weighted by atomic mass is 10.1. The fraction of sp³-hybridized carbons (Fsp3) is 0.333. The molecule has 1 heterocycles. The number of hydrogen-bond acceptors (Lipinski definition) is 4. The van der Waals surface area contributed by atoms with Crippen molar-refractivity contribution in [2.45, 2.75) is 45.1 Å². The number of nitrogens with one attached hydrogen (secondary N) is 1. The molecule has 0 bridgehead atoms. The molecule has 0 atom stereocenters. The molecule has 0 aliphatic carbocycles. The van der Waals surface area contributed by atoms with Gasteiger partial charge in [0.15, 0.2) is 0 Å². The quantitative estimate of drug-likeness (QED) is 0.489. The minimum absolute atomic E-state index is 0.162. The molecule has 1 N–H and O–H groups in total. The minimum atomic E-state index is -3.49. The van der Waals surface area contributed by atoms with E-state index in [9.17, 15) is 17.6 Å². The molecule has 176 valence electrons. The van der Waals surface area contributed by atoms with Crippen LogP contribution in [0.3, 0.4) is 0 Å². The van der Waals surface area contributed by atoms with Gasteiger partial charge in [0, 0.05) is 38.4 Å². The van der Waals surface area contributed by atoms with Gasteiger partial charge in [-0.2, -0.15) is 4.31 Å². The normalized spacial score (nSPS) is 11.7. The smallest absolute Gasteiger partial charge is 0.243 e. The van der Waals surface area contributed by atoms with Crippen molar-refractivity contribution in [2.75, 3.05) is 13.1 Å². The third-order valence-electron chi connectivity index (χ3n) is 5.49. The summed E-state index contributed by atoms with van der Waals surface area (Å²) in [6.07, 6.45) is 4.03. The van der Waals surface area contributed by atoms with Crippen molar-refractivity contribution in [2.24, 2.45) is 0 Å². The number of carbonyl (C=O) groups excluding carboxylic acids is 1. The second kappa shape index (κ2) is 10.7. The summed E-state index contributed by atoms with van der Waals surface area (Å²) in [4.78, 5) is 16.6. The van der Waals surface area contributed by atoms with Gasteiger partial charge in [-0.3, -0.25) is 4.79 Å². The highest BCUT2D eigenvalue weighted by Gasteiger charge is 2.21. The van der Waals surface area contributed by atoms with E-state index in [1.165, 1.54) is 10.4 Å². The summed E-state index contributed by atoms with van der Waals surface area (Å²) in [7, 11) is -3.49. The van der Waals surface area contributed by atoms with Crippen molar-refractivity contribution in [3.8, 4) is 5.69 Å². The third-order valence-corrected chi connectivity index (χ3v) is 7.56. The van der Waals surface area contributed by atoms with E-state index in [0.717, 1.165) is 5.56 Å². The molecule has 1 amide bonds. The summed E-state index contributed by atoms with van der Waals surface area (Å²) in [5.74, 6) is 0.140. The molecule has 2 aromatic carbocycles. The van der Waals surface area contributed by atoms with E-state index in [2.05, 4.69) is 10.3 Å². The highest BCUT2D eigenvalue weighted by atomic mass is 32.2. The average molecular weight is 473 g/mol. The van der Waals surface area contributed by atoms with Crippen LogP contribution in [0.1, 0.15) is 37.2 Å². The number of imidazole rings is 1. The minimum Gasteiger partial charge on any atom is -0.352 e. The number of aromatic nitrogens is 2. The number of nitrogens with zero attached hydrogens (tertiary/aromatic N) is 3. The molecule has 9 heteroatoms. The van der Waals surface area contributed by atoms with Gasteiger partial charge in [-0.05, 0) is 48.7 Å². The summed E-state index contributed by atoms with van der Waals surface area (Å²) in [6.45, 7) is 6.45. The van der Waals surface area contributed by atoms with Crippen LogP contribution in [0.4, 0.5) is 4.39 Å². The summed E-state index contributed by atoms with van der Waals surface area (Å²) >= 11 is 0. The number of rotatable bonds is 10. The molecule has 0 aliphatic heterocycles. The predicted octanol–water partition coefficient (Wildman–Crippen LogP) is 3.60. The molecule has 33 heavy (non-hydrogen) atoms. The number of carbonyl (C=O) groups is 1. The Morgan fingerprint density at radius 3 is 2.33 bits per heavy atom. The number of hydrogen-bond donors (Lipinski definition) is 1. The van der Waals surface area contributed by atoms with E-state index in [0.29, 0.717) is 36.6 Å². The van der Waals surface area contributed by atoms with Crippen LogP contribution in [0.25, 0.3) is 5.69 Å². The van der Waals surface area contributed by atoms with Crippen LogP contribution in [0.15, 0.2) is 59.8 Å². The van der Waals surface area contributed by atoms with Gasteiger partial charge in [0.2, 0.25) is 15.9 Å². The van der Waals surface area contributed by atoms with Gasteiger partial charge in [0.05, 0.1) is 10.6 Å². The molecule has 7 nitrogen and oxygen atoms in total. The second-order valence-electron chi connectivity index (χ2n) is 7.64. The van der Waals surface area contributed by atoms with Crippen LogP contribution in [0.2, 0.25) is 0 Å². The number of benzene rings is 2. The summed E-state index contributed by atoms with van der Waals surface area (Å²) in [5, 5.41) is 2.80. The zero-order valence-corrected chi connectivity index (χ0v) is 19.9. The van der Waals surface area contributed by atoms with Gasteiger partial charge in [-0.1, -0.05) is 32.0 Å². The molecule has 0 unspecified atom stereocenters. The second-order valence-corrected chi connectivity index (χ2v) is 9.58. The van der Waals surface area contributed by atoms with E-state index in [4.69, 9.17) is 0 Å². The monoisotopic (exact) mass is 472 g/mol. The standard InChI is InChI=1S/C24H29FN4O3S/c1-4-28(5-2)33(31,32)21-10-6-19(7-11-21)9-13-24(30)27-17-20-8-12-23(22(25)16-20)29-15-14-26-18(29)3/h6-8,10-12,14-16H,4-5,9,13,17H2,1-3H3,(H,27,30). The number of sulfonamides is 1. The number of halogens is 1. The Morgan fingerprint density at radius 2 is 1.76 bits per heavy atom. The summed E-state index contributed by atoms with van der Waals surface area (Å²) in [5.41, 5.74) is 1.94. The maximum absolute atomic E-state index is 14.5. The largest absolute Gasteiger partial charge is 0.352 e. The van der Waals surface area contributed by atoms with Gasteiger partial charge >= 0.3 is 0 Å². The maximum atomic E-state index is 14.5. The molecule has 0 saturated carbocycles. The Labute approximate surface area is 194 Å². The number of amides is 1. The van der Waals surface area contributed by atoms with E-state index in [1.54, 1.807) is 74.1 Å². The van der Waals surface area contributed by atoms with Crippen LogP contribution in [0.5, 0.6) is 0 Å². The molecule has 0 spiro atoms. The SMILES string of the molecule is CCN(CC)S(=O)(=O)c1ccc(CCC(=O)NCc2ccc(-n3ccnc3C)c(F)c2)cc1. The zero-order valence-electron chi connectivity index (χ0n) is 19.1. The molecule has 0 radical (unpaired) electrons. The molecule has 0 fully saturated rings. The lowest BCUT2D eigenvalue weighted by molar-refractivity contribution is -0.121. The van der Waals surface area contributed by atoms with Gasteiger partial charge in [0.1, 0.15) is 11.6 Å². The molecule has 3 aromatic rings. The van der Waals surface area contributed by atoms with Gasteiger partial charge in [0.25, 0.3) is 0 Å². The Hall–Kier alpha value is -3.04. The molecule has 1 aromatic heterocycles. The third kappa shape index (κ3) is 5.85. The Bertz CT molecular complexity index is 1200. The highest BCUT2D eigenvalue weighted by molar-refractivity contribution is 7.89. The van der Waals surface area contributed by atoms with Crippen molar-refractivity contribution >= 4 is 15.9 Å². The maximum Gasteiger partial charge on any atom is 0.243 e. The van der Waals surface area contributed by atoms with Gasteiger partial charge < -0.3 is 9.88 Å². The fourth-order valence-corrected chi connectivity index (χ4v) is 5.03. The summed E-state index contributed by atoms with van der Waals surface area (Å²) < 4.78 is 42.7. The first kappa shape index (κ1) is 24.6. The first-order chi connectivity index (χ1) is 15.8. The van der Waals surface area contributed by atoms with Gasteiger partial charge in [-0.15, -0.1) is 0 Å². The lowest BCUT2D eigenvalue weighted by Gasteiger charge is -2.18. The molecule has 0 aliphatic rings. The van der Waals surface area contributed by atoms with Crippen molar-refractivity contribution in [3.63, 3.8) is 0 Å². The van der Waals surface area contributed by atoms with E-state index in [1.807, 2.05) is 0 Å². The van der Waals surface area contributed by atoms with Crippen molar-refractivity contribution in [1.82, 2.24) is 19.2 Å². The van der Waals surface area contributed by atoms with Gasteiger partial charge in [-0.25, -0.2) is 17.8 Å². The van der Waals surface area contributed by atoms with Crippen molar-refractivity contribution in [3.05, 3.63) is 77.6 Å². The fourth-order valence-electron chi connectivity index (χ4n) is 3.58. The first-order valence-corrected chi connectivity index (χ1v) is 12.3. The Kier molecular flexibility index (Phi) is 7.99. The molecule has 3 rings (SSSR count).